The van der Waals surface area contributed by atoms with Crippen molar-refractivity contribution in [3.8, 4) is 5.75 Å². The molecule has 0 amide bonds. The van der Waals surface area contributed by atoms with Crippen molar-refractivity contribution in [1.82, 2.24) is 0 Å². The summed E-state index contributed by atoms with van der Waals surface area (Å²) in [6.45, 7) is 8.26. The van der Waals surface area contributed by atoms with Crippen molar-refractivity contribution in [2.24, 2.45) is 0 Å². The van der Waals surface area contributed by atoms with Gasteiger partial charge in [-0.3, -0.25) is 0 Å². The van der Waals surface area contributed by atoms with Gasteiger partial charge in [0, 0.05) is 29.8 Å². The van der Waals surface area contributed by atoms with Crippen molar-refractivity contribution in [3.63, 3.8) is 0 Å². The molecule has 0 radical (unpaired) electrons. The van der Waals surface area contributed by atoms with E-state index in [0.717, 1.165) is 33.3 Å². The molecule has 3 heterocycles. The molecule has 0 saturated carbocycles. The first-order valence-corrected chi connectivity index (χ1v) is 10.5. The van der Waals surface area contributed by atoms with Gasteiger partial charge in [0.1, 0.15) is 11.3 Å². The van der Waals surface area contributed by atoms with Gasteiger partial charge in [0.15, 0.2) is 0 Å². The molecule has 0 fully saturated rings. The zero-order valence-electron chi connectivity index (χ0n) is 19.0. The highest BCUT2D eigenvalue weighted by atomic mass is 16.5. The van der Waals surface area contributed by atoms with Crippen molar-refractivity contribution in [2.75, 3.05) is 19.1 Å². The zero-order chi connectivity index (χ0) is 23.0. The van der Waals surface area contributed by atoms with Gasteiger partial charge in [0.25, 0.3) is 0 Å². The predicted molar refractivity (Wildman–Crippen MR) is 124 cm³/mol. The van der Waals surface area contributed by atoms with Gasteiger partial charge in [-0.05, 0) is 80.8 Å². The number of aryl methyl sites for hydroxylation is 2. The maximum absolute atomic E-state index is 12.0. The van der Waals surface area contributed by atoms with Crippen molar-refractivity contribution >= 4 is 28.7 Å². The quantitative estimate of drug-likeness (QED) is 0.410. The Bertz CT molecular complexity index is 1400. The van der Waals surface area contributed by atoms with E-state index in [0.29, 0.717) is 16.9 Å². The van der Waals surface area contributed by atoms with E-state index >= 15 is 0 Å². The van der Waals surface area contributed by atoms with Crippen LogP contribution in [0.2, 0.25) is 0 Å². The highest BCUT2D eigenvalue weighted by Gasteiger charge is 2.59. The largest absolute Gasteiger partial charge is 0.465 e. The molecule has 5 rings (SSSR count). The van der Waals surface area contributed by atoms with Gasteiger partial charge in [-0.1, -0.05) is 0 Å². The van der Waals surface area contributed by atoms with Crippen LogP contribution in [0.1, 0.15) is 46.5 Å². The van der Waals surface area contributed by atoms with E-state index in [1.807, 2.05) is 39.1 Å². The standard InChI is InChI=1S/C26H25NO5/c1-14-12-20(28)31-19-11-15(2)23-22(21(14)19)25(3,4)26(27(23)5)10-9-16-13-17(24(29)30-6)7-8-18(16)32-26/h7-13H,1-6H3. The molecule has 1 atom stereocenters. The first-order valence-electron chi connectivity index (χ1n) is 10.5. The minimum absolute atomic E-state index is 0.350. The summed E-state index contributed by atoms with van der Waals surface area (Å²) in [6.07, 6.45) is 4.05. The fraction of sp³-hybridized carbons (Fsp3) is 0.308. The molecule has 32 heavy (non-hydrogen) atoms. The molecule has 164 valence electrons. The average Bonchev–Trinajstić information content (AvgIpc) is 2.91. The third-order valence-corrected chi connectivity index (χ3v) is 6.93. The number of anilines is 1. The Morgan fingerprint density at radius 2 is 1.84 bits per heavy atom. The van der Waals surface area contributed by atoms with E-state index in [-0.39, 0.29) is 11.6 Å². The topological polar surface area (TPSA) is 69.0 Å². The Balaban J connectivity index is 1.73. The Kier molecular flexibility index (Phi) is 4.13. The van der Waals surface area contributed by atoms with Gasteiger partial charge in [-0.15, -0.1) is 0 Å². The molecule has 0 bridgehead atoms. The maximum Gasteiger partial charge on any atom is 0.337 e. The number of rotatable bonds is 1. The second-order valence-electron chi connectivity index (χ2n) is 9.10. The number of fused-ring (bicyclic) bond motifs is 4. The Labute approximate surface area is 186 Å². The molecular formula is C26H25NO5. The van der Waals surface area contributed by atoms with Crippen molar-refractivity contribution in [1.29, 1.82) is 0 Å². The third-order valence-electron chi connectivity index (χ3n) is 6.93. The Morgan fingerprint density at radius 1 is 1.09 bits per heavy atom. The van der Waals surface area contributed by atoms with Crippen LogP contribution >= 0.6 is 0 Å². The number of carbonyl (C=O) groups is 1. The predicted octanol–water partition coefficient (Wildman–Crippen LogP) is 4.73. The summed E-state index contributed by atoms with van der Waals surface area (Å²) in [6, 6.07) is 8.78. The smallest absolute Gasteiger partial charge is 0.337 e. The summed E-state index contributed by atoms with van der Waals surface area (Å²) in [5.41, 5.74) is 4.32. The lowest BCUT2D eigenvalue weighted by Crippen LogP contribution is -2.58. The minimum Gasteiger partial charge on any atom is -0.465 e. The van der Waals surface area contributed by atoms with E-state index in [4.69, 9.17) is 13.9 Å². The van der Waals surface area contributed by atoms with Crippen LogP contribution in [0, 0.1) is 13.8 Å². The number of likely N-dealkylation sites (N-methyl/N-ethyl adjacent to an activating group) is 1. The second kappa shape index (κ2) is 6.48. The summed E-state index contributed by atoms with van der Waals surface area (Å²) in [4.78, 5) is 26.1. The third kappa shape index (κ3) is 2.46. The number of esters is 1. The van der Waals surface area contributed by atoms with Gasteiger partial charge >= 0.3 is 11.6 Å². The van der Waals surface area contributed by atoms with Crippen molar-refractivity contribution in [2.45, 2.75) is 38.8 Å². The van der Waals surface area contributed by atoms with Crippen LogP contribution < -0.4 is 15.3 Å². The molecule has 2 aromatic carbocycles. The van der Waals surface area contributed by atoms with Crippen LogP contribution in [0.5, 0.6) is 5.75 Å². The molecule has 0 N–H and O–H groups in total. The second-order valence-corrected chi connectivity index (χ2v) is 9.10. The number of hydrogen-bond acceptors (Lipinski definition) is 6. The monoisotopic (exact) mass is 431 g/mol. The van der Waals surface area contributed by atoms with Crippen LogP contribution in [0.4, 0.5) is 5.69 Å². The molecule has 1 unspecified atom stereocenters. The summed E-state index contributed by atoms with van der Waals surface area (Å²) in [7, 11) is 3.39. The van der Waals surface area contributed by atoms with E-state index < -0.39 is 11.1 Å². The van der Waals surface area contributed by atoms with Crippen LogP contribution in [0.15, 0.2) is 45.6 Å². The van der Waals surface area contributed by atoms with Crippen LogP contribution in [-0.2, 0) is 10.2 Å². The van der Waals surface area contributed by atoms with E-state index in [2.05, 4.69) is 24.8 Å². The molecule has 2 aliphatic rings. The van der Waals surface area contributed by atoms with Crippen LogP contribution in [0.25, 0.3) is 17.0 Å². The lowest BCUT2D eigenvalue weighted by molar-refractivity contribution is 0.0578. The average molecular weight is 431 g/mol. The minimum atomic E-state index is -0.795. The molecule has 1 aromatic heterocycles. The highest BCUT2D eigenvalue weighted by molar-refractivity contribution is 5.95. The molecule has 0 saturated heterocycles. The SMILES string of the molecule is COC(=O)c1ccc2c(c1)C=CC1(O2)N(C)c2c(C)cc3oc(=O)cc(C)c3c2C1(C)C. The van der Waals surface area contributed by atoms with Crippen molar-refractivity contribution < 1.29 is 18.7 Å². The summed E-state index contributed by atoms with van der Waals surface area (Å²) >= 11 is 0. The number of methoxy groups -OCH3 is 1. The van der Waals surface area contributed by atoms with Crippen LogP contribution in [0.3, 0.4) is 0 Å². The number of hydrogen-bond donors (Lipinski definition) is 0. The Morgan fingerprint density at radius 3 is 2.56 bits per heavy atom. The molecule has 6 heteroatoms. The summed E-state index contributed by atoms with van der Waals surface area (Å²) in [5, 5.41) is 0.947. The number of nitrogens with zero attached hydrogens (tertiary/aromatic N) is 1. The maximum atomic E-state index is 12.0. The lowest BCUT2D eigenvalue weighted by atomic mass is 9.74. The van der Waals surface area contributed by atoms with Gasteiger partial charge in [-0.2, -0.15) is 0 Å². The normalized spacial score (nSPS) is 20.2. The van der Waals surface area contributed by atoms with Gasteiger partial charge in [0.05, 0.1) is 18.1 Å². The first-order chi connectivity index (χ1) is 15.1. The van der Waals surface area contributed by atoms with Crippen molar-refractivity contribution in [3.05, 3.63) is 74.6 Å². The number of ether oxygens (including phenoxy) is 2. The van der Waals surface area contributed by atoms with E-state index in [9.17, 15) is 9.59 Å². The fourth-order valence-electron chi connectivity index (χ4n) is 5.38. The summed E-state index contributed by atoms with van der Waals surface area (Å²) < 4.78 is 17.1. The first kappa shape index (κ1) is 20.4. The zero-order valence-corrected chi connectivity index (χ0v) is 19.0. The van der Waals surface area contributed by atoms with Crippen LogP contribution in [-0.4, -0.2) is 25.9 Å². The lowest BCUT2D eigenvalue weighted by Gasteiger charge is -2.46. The summed E-state index contributed by atoms with van der Waals surface area (Å²) in [5.74, 6) is 0.310. The van der Waals surface area contributed by atoms with Gasteiger partial charge in [0.2, 0.25) is 5.72 Å². The number of benzene rings is 2. The fourth-order valence-corrected chi connectivity index (χ4v) is 5.38. The van der Waals surface area contributed by atoms with Gasteiger partial charge < -0.3 is 18.8 Å². The molecule has 1 spiro atoms. The molecule has 2 aliphatic heterocycles. The highest BCUT2D eigenvalue weighted by Crippen LogP contribution is 2.57. The van der Waals surface area contributed by atoms with E-state index in [1.165, 1.54) is 7.11 Å². The van der Waals surface area contributed by atoms with E-state index in [1.54, 1.807) is 18.2 Å². The molecule has 6 nitrogen and oxygen atoms in total. The Hall–Kier alpha value is -3.54. The molecule has 3 aromatic rings. The molecular weight excluding hydrogens is 406 g/mol. The molecule has 0 aliphatic carbocycles. The number of carbonyl (C=O) groups excluding carboxylic acids is 1. The van der Waals surface area contributed by atoms with Gasteiger partial charge in [-0.25, -0.2) is 9.59 Å².